The Morgan fingerprint density at radius 1 is 1.45 bits per heavy atom. The number of rotatable bonds is 5. The van der Waals surface area contributed by atoms with E-state index in [4.69, 9.17) is 14.7 Å². The lowest BCUT2D eigenvalue weighted by atomic mass is 10.0. The topological polar surface area (TPSA) is 79.6 Å². The van der Waals surface area contributed by atoms with Crippen LogP contribution in [0.25, 0.3) is 0 Å². The van der Waals surface area contributed by atoms with Crippen LogP contribution >= 0.6 is 0 Å². The molecule has 2 atom stereocenters. The van der Waals surface area contributed by atoms with Crippen molar-refractivity contribution in [1.82, 2.24) is 4.90 Å². The second-order valence-electron chi connectivity index (χ2n) is 7.11. The molecule has 6 heteroatoms. The second kappa shape index (κ2) is 7.48. The first kappa shape index (κ1) is 18.3. The highest BCUT2D eigenvalue weighted by atomic mass is 16.7. The van der Waals surface area contributed by atoms with Gasteiger partial charge in [-0.05, 0) is 33.1 Å². The molecule has 0 radical (unpaired) electrons. The number of nitriles is 1. The Labute approximate surface area is 132 Å². The highest BCUT2D eigenvalue weighted by molar-refractivity contribution is 5.81. The summed E-state index contributed by atoms with van der Waals surface area (Å²) in [6.45, 7) is 10.1. The van der Waals surface area contributed by atoms with E-state index in [-0.39, 0.29) is 30.9 Å². The summed E-state index contributed by atoms with van der Waals surface area (Å²) in [6.07, 6.45) is 0.0198. The van der Waals surface area contributed by atoms with E-state index in [0.29, 0.717) is 18.9 Å². The van der Waals surface area contributed by atoms with Crippen LogP contribution in [0.15, 0.2) is 0 Å². The van der Waals surface area contributed by atoms with Crippen LogP contribution in [0.4, 0.5) is 4.79 Å². The summed E-state index contributed by atoms with van der Waals surface area (Å²) in [5.74, 6) is -0.00200. The number of amides is 1. The van der Waals surface area contributed by atoms with Crippen molar-refractivity contribution in [1.29, 1.82) is 5.26 Å². The Kier molecular flexibility index (Phi) is 6.21. The molecule has 0 bridgehead atoms. The summed E-state index contributed by atoms with van der Waals surface area (Å²) in [7, 11) is 0. The summed E-state index contributed by atoms with van der Waals surface area (Å²) in [5, 5.41) is 8.82. The van der Waals surface area contributed by atoms with Crippen LogP contribution in [-0.4, -0.2) is 41.8 Å². The Morgan fingerprint density at radius 2 is 2.09 bits per heavy atom. The van der Waals surface area contributed by atoms with Gasteiger partial charge in [-0.25, -0.2) is 4.79 Å². The van der Waals surface area contributed by atoms with E-state index < -0.39 is 11.8 Å². The SMILES string of the molecule is CC(C)CN1C(=O)C(CC#N)C[C@H]1COC(=O)OC(C)(C)C. The molecule has 1 amide bonds. The van der Waals surface area contributed by atoms with E-state index in [9.17, 15) is 9.59 Å². The number of carbonyl (C=O) groups excluding carboxylic acids is 2. The molecule has 0 aromatic rings. The first-order valence-corrected chi connectivity index (χ1v) is 7.67. The second-order valence-corrected chi connectivity index (χ2v) is 7.11. The first-order valence-electron chi connectivity index (χ1n) is 7.67. The van der Waals surface area contributed by atoms with Crippen LogP contribution in [0.2, 0.25) is 0 Å². The van der Waals surface area contributed by atoms with Crippen LogP contribution in [-0.2, 0) is 14.3 Å². The Bertz CT molecular complexity index is 448. The molecule has 1 unspecified atom stereocenters. The number of hydrogen-bond acceptors (Lipinski definition) is 5. The zero-order valence-electron chi connectivity index (χ0n) is 14.1. The zero-order valence-corrected chi connectivity index (χ0v) is 14.1. The third-order valence-electron chi connectivity index (χ3n) is 3.31. The van der Waals surface area contributed by atoms with E-state index in [1.165, 1.54) is 0 Å². The quantitative estimate of drug-likeness (QED) is 0.729. The molecule has 0 saturated carbocycles. The van der Waals surface area contributed by atoms with Gasteiger partial charge in [-0.2, -0.15) is 5.26 Å². The summed E-state index contributed by atoms with van der Waals surface area (Å²) in [4.78, 5) is 25.7. The average molecular weight is 310 g/mol. The average Bonchev–Trinajstić information content (AvgIpc) is 2.63. The van der Waals surface area contributed by atoms with Crippen molar-refractivity contribution in [3.05, 3.63) is 0 Å². The fraction of sp³-hybridized carbons (Fsp3) is 0.812. The van der Waals surface area contributed by atoms with Crippen LogP contribution in [0.5, 0.6) is 0 Å². The number of carbonyl (C=O) groups is 2. The summed E-state index contributed by atoms with van der Waals surface area (Å²) >= 11 is 0. The molecule has 0 spiro atoms. The molecule has 1 fully saturated rings. The zero-order chi connectivity index (χ0) is 16.9. The highest BCUT2D eigenvalue weighted by Crippen LogP contribution is 2.28. The predicted octanol–water partition coefficient (Wildman–Crippen LogP) is 2.72. The van der Waals surface area contributed by atoms with Gasteiger partial charge >= 0.3 is 6.16 Å². The Hall–Kier alpha value is -1.77. The van der Waals surface area contributed by atoms with Gasteiger partial charge in [0, 0.05) is 13.0 Å². The molecule has 124 valence electrons. The first-order chi connectivity index (χ1) is 10.1. The third kappa shape index (κ3) is 5.55. The minimum atomic E-state index is -0.729. The Balaban J connectivity index is 2.64. The normalized spacial score (nSPS) is 21.9. The standard InChI is InChI=1S/C16H26N2O4/c1-11(2)9-18-13(8-12(6-7-17)14(18)19)10-21-15(20)22-16(3,4)5/h11-13H,6,8-10H2,1-5H3/t12?,13-/m0/s1. The summed E-state index contributed by atoms with van der Waals surface area (Å²) in [5.41, 5.74) is -0.608. The lowest BCUT2D eigenvalue weighted by Crippen LogP contribution is -2.40. The van der Waals surface area contributed by atoms with Crippen LogP contribution in [0, 0.1) is 23.2 Å². The van der Waals surface area contributed by atoms with E-state index in [1.807, 2.05) is 13.8 Å². The van der Waals surface area contributed by atoms with Gasteiger partial charge in [0.05, 0.1) is 18.0 Å². The molecule has 1 aliphatic heterocycles. The molecule has 1 saturated heterocycles. The highest BCUT2D eigenvalue weighted by Gasteiger charge is 2.40. The van der Waals surface area contributed by atoms with Gasteiger partial charge in [-0.15, -0.1) is 0 Å². The maximum Gasteiger partial charge on any atom is 0.508 e. The summed E-state index contributed by atoms with van der Waals surface area (Å²) < 4.78 is 10.2. The lowest BCUT2D eigenvalue weighted by Gasteiger charge is -2.26. The molecule has 1 heterocycles. The van der Waals surface area contributed by atoms with E-state index in [1.54, 1.807) is 25.7 Å². The predicted molar refractivity (Wildman–Crippen MR) is 80.9 cm³/mol. The molecule has 0 aromatic heterocycles. The maximum absolute atomic E-state index is 12.3. The van der Waals surface area contributed by atoms with Crippen molar-refractivity contribution >= 4 is 12.1 Å². The van der Waals surface area contributed by atoms with Gasteiger partial charge in [0.2, 0.25) is 5.91 Å². The molecule has 1 rings (SSSR count). The number of likely N-dealkylation sites (tertiary alicyclic amines) is 1. The maximum atomic E-state index is 12.3. The smallest absolute Gasteiger partial charge is 0.432 e. The summed E-state index contributed by atoms with van der Waals surface area (Å²) in [6, 6.07) is 1.87. The van der Waals surface area contributed by atoms with Gasteiger partial charge < -0.3 is 14.4 Å². The van der Waals surface area contributed by atoms with Crippen molar-refractivity contribution < 1.29 is 19.1 Å². The van der Waals surface area contributed by atoms with Crippen molar-refractivity contribution in [3.63, 3.8) is 0 Å². The fourth-order valence-corrected chi connectivity index (χ4v) is 2.49. The van der Waals surface area contributed by atoms with Gasteiger partial charge in [-0.3, -0.25) is 4.79 Å². The van der Waals surface area contributed by atoms with Crippen molar-refractivity contribution in [2.24, 2.45) is 11.8 Å². The molecule has 22 heavy (non-hydrogen) atoms. The van der Waals surface area contributed by atoms with Crippen molar-refractivity contribution in [2.75, 3.05) is 13.2 Å². The van der Waals surface area contributed by atoms with Crippen molar-refractivity contribution in [2.45, 2.75) is 59.1 Å². The minimum Gasteiger partial charge on any atom is -0.432 e. The third-order valence-corrected chi connectivity index (χ3v) is 3.31. The molecule has 0 aromatic carbocycles. The van der Waals surface area contributed by atoms with Gasteiger partial charge in [-0.1, -0.05) is 13.8 Å². The lowest BCUT2D eigenvalue weighted by molar-refractivity contribution is -0.133. The van der Waals surface area contributed by atoms with E-state index in [2.05, 4.69) is 6.07 Å². The van der Waals surface area contributed by atoms with Gasteiger partial charge in [0.1, 0.15) is 12.2 Å². The van der Waals surface area contributed by atoms with Crippen LogP contribution in [0.1, 0.15) is 47.5 Å². The van der Waals surface area contributed by atoms with Gasteiger partial charge in [0.15, 0.2) is 0 Å². The number of ether oxygens (including phenoxy) is 2. The molecule has 0 N–H and O–H groups in total. The largest absolute Gasteiger partial charge is 0.508 e. The number of nitrogens with zero attached hydrogens (tertiary/aromatic N) is 2. The van der Waals surface area contributed by atoms with Gasteiger partial charge in [0.25, 0.3) is 0 Å². The monoisotopic (exact) mass is 310 g/mol. The number of hydrogen-bond donors (Lipinski definition) is 0. The van der Waals surface area contributed by atoms with E-state index >= 15 is 0 Å². The molecule has 0 aliphatic carbocycles. The minimum absolute atomic E-state index is 0.0203. The van der Waals surface area contributed by atoms with E-state index in [0.717, 1.165) is 0 Å². The van der Waals surface area contributed by atoms with Crippen molar-refractivity contribution in [3.8, 4) is 6.07 Å². The molecule has 1 aliphatic rings. The molecular weight excluding hydrogens is 284 g/mol. The molecule has 6 nitrogen and oxygen atoms in total. The Morgan fingerprint density at radius 3 is 2.59 bits per heavy atom. The fourth-order valence-electron chi connectivity index (χ4n) is 2.49. The van der Waals surface area contributed by atoms with Crippen LogP contribution < -0.4 is 0 Å². The van der Waals surface area contributed by atoms with Crippen LogP contribution in [0.3, 0.4) is 0 Å². The molecular formula is C16H26N2O4.